The Kier molecular flexibility index (Phi) is 3.79. The van der Waals surface area contributed by atoms with E-state index in [0.29, 0.717) is 25.9 Å². The van der Waals surface area contributed by atoms with E-state index in [4.69, 9.17) is 10.8 Å². The number of amides is 1. The molecule has 6 heteroatoms. The van der Waals surface area contributed by atoms with Gasteiger partial charge in [-0.1, -0.05) is 0 Å². The highest BCUT2D eigenvalue weighted by Gasteiger charge is 2.24. The highest BCUT2D eigenvalue weighted by Crippen LogP contribution is 2.07. The first-order valence-electron chi connectivity index (χ1n) is 4.78. The minimum Gasteiger partial charge on any atom is -0.480 e. The van der Waals surface area contributed by atoms with Gasteiger partial charge in [-0.2, -0.15) is 0 Å². The summed E-state index contributed by atoms with van der Waals surface area (Å²) in [5, 5.41) is 8.52. The summed E-state index contributed by atoms with van der Waals surface area (Å²) >= 11 is 0. The molecule has 0 spiro atoms. The molecule has 1 amide bonds. The topological polar surface area (TPSA) is 101 Å². The quantitative estimate of drug-likeness (QED) is 0.626. The van der Waals surface area contributed by atoms with E-state index in [1.165, 1.54) is 4.90 Å². The number of carbonyl (C=O) groups excluding carboxylic acids is 2. The van der Waals surface area contributed by atoms with Crippen molar-refractivity contribution in [3.8, 4) is 0 Å². The number of carboxylic acid groups (broad SMARTS) is 1. The molecule has 0 saturated carbocycles. The van der Waals surface area contributed by atoms with Crippen LogP contribution in [0.4, 0.5) is 0 Å². The number of carboxylic acids is 1. The molecule has 0 aromatic heterocycles. The molecule has 0 bridgehead atoms. The first-order valence-corrected chi connectivity index (χ1v) is 4.78. The summed E-state index contributed by atoms with van der Waals surface area (Å²) in [6, 6.07) is -1.16. The van der Waals surface area contributed by atoms with Crippen molar-refractivity contribution < 1.29 is 19.5 Å². The number of carbonyl (C=O) groups is 3. The number of likely N-dealkylation sites (tertiary alicyclic amines) is 1. The van der Waals surface area contributed by atoms with Crippen molar-refractivity contribution in [1.82, 2.24) is 4.90 Å². The number of rotatable bonds is 3. The molecule has 1 unspecified atom stereocenters. The molecule has 0 aromatic carbocycles. The van der Waals surface area contributed by atoms with Crippen LogP contribution in [-0.2, 0) is 14.4 Å². The van der Waals surface area contributed by atoms with Gasteiger partial charge in [0.05, 0.1) is 6.42 Å². The van der Waals surface area contributed by atoms with Gasteiger partial charge < -0.3 is 15.7 Å². The Morgan fingerprint density at radius 2 is 1.93 bits per heavy atom. The summed E-state index contributed by atoms with van der Waals surface area (Å²) in [6.07, 6.45) is 0.506. The van der Waals surface area contributed by atoms with Crippen LogP contribution in [0.3, 0.4) is 0 Å². The van der Waals surface area contributed by atoms with Crippen LogP contribution < -0.4 is 5.73 Å². The number of hydrogen-bond acceptors (Lipinski definition) is 4. The van der Waals surface area contributed by atoms with Crippen molar-refractivity contribution in [2.24, 2.45) is 5.73 Å². The van der Waals surface area contributed by atoms with Gasteiger partial charge >= 0.3 is 5.97 Å². The van der Waals surface area contributed by atoms with Crippen molar-refractivity contribution in [3.63, 3.8) is 0 Å². The van der Waals surface area contributed by atoms with Crippen LogP contribution in [-0.4, -0.2) is 46.8 Å². The smallest absolute Gasteiger partial charge is 0.321 e. The zero-order valence-electron chi connectivity index (χ0n) is 8.31. The van der Waals surface area contributed by atoms with E-state index >= 15 is 0 Å². The molecule has 1 aliphatic rings. The monoisotopic (exact) mass is 214 g/mol. The van der Waals surface area contributed by atoms with Gasteiger partial charge in [0.25, 0.3) is 0 Å². The van der Waals surface area contributed by atoms with Crippen LogP contribution in [0.25, 0.3) is 0 Å². The normalized spacial score (nSPS) is 18.7. The number of ketones is 1. The standard InChI is InChI=1S/C9H14N2O4/c10-7(9(14)15)5-8(13)11-3-1-6(12)2-4-11/h7H,1-5,10H2,(H,14,15). The van der Waals surface area contributed by atoms with Gasteiger partial charge in [0, 0.05) is 25.9 Å². The second-order valence-corrected chi connectivity index (χ2v) is 3.57. The largest absolute Gasteiger partial charge is 0.480 e. The minimum atomic E-state index is -1.18. The molecule has 1 heterocycles. The van der Waals surface area contributed by atoms with Gasteiger partial charge in [-0.05, 0) is 0 Å². The van der Waals surface area contributed by atoms with E-state index in [1.807, 2.05) is 0 Å². The SMILES string of the molecule is NC(CC(=O)N1CCC(=O)CC1)C(=O)O. The molecule has 0 aliphatic carbocycles. The maximum absolute atomic E-state index is 11.5. The van der Waals surface area contributed by atoms with E-state index in [-0.39, 0.29) is 18.1 Å². The number of aliphatic carboxylic acids is 1. The van der Waals surface area contributed by atoms with E-state index in [1.54, 1.807) is 0 Å². The third kappa shape index (κ3) is 3.32. The summed E-state index contributed by atoms with van der Waals surface area (Å²) in [6.45, 7) is 0.758. The molecule has 6 nitrogen and oxygen atoms in total. The summed E-state index contributed by atoms with van der Waals surface area (Å²) < 4.78 is 0. The van der Waals surface area contributed by atoms with Gasteiger partial charge in [0.15, 0.2) is 0 Å². The predicted octanol–water partition coefficient (Wildman–Crippen LogP) is -1.02. The lowest BCUT2D eigenvalue weighted by atomic mass is 10.1. The maximum atomic E-state index is 11.5. The van der Waals surface area contributed by atoms with Crippen LogP contribution in [0.15, 0.2) is 0 Å². The molecule has 0 radical (unpaired) electrons. The van der Waals surface area contributed by atoms with Crippen LogP contribution in [0.5, 0.6) is 0 Å². The predicted molar refractivity (Wildman–Crippen MR) is 51.0 cm³/mol. The van der Waals surface area contributed by atoms with Crippen LogP contribution >= 0.6 is 0 Å². The third-order valence-electron chi connectivity index (χ3n) is 2.39. The molecule has 1 rings (SSSR count). The number of hydrogen-bond donors (Lipinski definition) is 2. The molecule has 0 aromatic rings. The van der Waals surface area contributed by atoms with Crippen molar-refractivity contribution in [3.05, 3.63) is 0 Å². The fourth-order valence-electron chi connectivity index (χ4n) is 1.41. The summed E-state index contributed by atoms with van der Waals surface area (Å²) in [4.78, 5) is 34.3. The Balaban J connectivity index is 2.40. The van der Waals surface area contributed by atoms with Gasteiger partial charge in [0.2, 0.25) is 5.91 Å². The lowest BCUT2D eigenvalue weighted by Gasteiger charge is -2.26. The molecular weight excluding hydrogens is 200 g/mol. The number of Topliss-reactive ketones (excluding diaryl/α,β-unsaturated/α-hetero) is 1. The van der Waals surface area contributed by atoms with Crippen molar-refractivity contribution in [2.45, 2.75) is 25.3 Å². The Hall–Kier alpha value is -1.43. The van der Waals surface area contributed by atoms with Gasteiger partial charge in [-0.15, -0.1) is 0 Å². The molecule has 15 heavy (non-hydrogen) atoms. The third-order valence-corrected chi connectivity index (χ3v) is 2.39. The molecule has 1 atom stereocenters. The molecule has 1 fully saturated rings. The number of nitrogens with two attached hydrogens (primary N) is 1. The Morgan fingerprint density at radius 1 is 1.40 bits per heavy atom. The van der Waals surface area contributed by atoms with Crippen LogP contribution in [0.2, 0.25) is 0 Å². The molecule has 3 N–H and O–H groups in total. The fraction of sp³-hybridized carbons (Fsp3) is 0.667. The van der Waals surface area contributed by atoms with Crippen LogP contribution in [0, 0.1) is 0 Å². The Labute approximate surface area is 87.0 Å². The lowest BCUT2D eigenvalue weighted by Crippen LogP contribution is -2.43. The minimum absolute atomic E-state index is 0.140. The molecule has 1 aliphatic heterocycles. The van der Waals surface area contributed by atoms with Gasteiger partial charge in [-0.25, -0.2) is 0 Å². The molecular formula is C9H14N2O4. The molecule has 84 valence electrons. The zero-order chi connectivity index (χ0) is 11.4. The van der Waals surface area contributed by atoms with E-state index in [2.05, 4.69) is 0 Å². The highest BCUT2D eigenvalue weighted by atomic mass is 16.4. The zero-order valence-corrected chi connectivity index (χ0v) is 8.31. The second-order valence-electron chi connectivity index (χ2n) is 3.57. The van der Waals surface area contributed by atoms with E-state index < -0.39 is 12.0 Å². The molecule has 1 saturated heterocycles. The first-order chi connectivity index (χ1) is 7.00. The summed E-state index contributed by atoms with van der Waals surface area (Å²) in [7, 11) is 0. The Bertz CT molecular complexity index is 280. The van der Waals surface area contributed by atoms with Gasteiger partial charge in [-0.3, -0.25) is 14.4 Å². The lowest BCUT2D eigenvalue weighted by molar-refractivity contribution is -0.143. The number of nitrogens with zero attached hydrogens (tertiary/aromatic N) is 1. The maximum Gasteiger partial charge on any atom is 0.321 e. The fourth-order valence-corrected chi connectivity index (χ4v) is 1.41. The average molecular weight is 214 g/mol. The van der Waals surface area contributed by atoms with Crippen molar-refractivity contribution >= 4 is 17.7 Å². The Morgan fingerprint density at radius 3 is 2.40 bits per heavy atom. The van der Waals surface area contributed by atoms with Crippen molar-refractivity contribution in [1.29, 1.82) is 0 Å². The average Bonchev–Trinajstić information content (AvgIpc) is 2.18. The highest BCUT2D eigenvalue weighted by molar-refractivity contribution is 5.86. The summed E-state index contributed by atoms with van der Waals surface area (Å²) in [5.74, 6) is -1.34. The van der Waals surface area contributed by atoms with E-state index in [9.17, 15) is 14.4 Å². The first kappa shape index (κ1) is 11.6. The summed E-state index contributed by atoms with van der Waals surface area (Å²) in [5.41, 5.74) is 5.24. The van der Waals surface area contributed by atoms with Crippen LogP contribution in [0.1, 0.15) is 19.3 Å². The van der Waals surface area contributed by atoms with E-state index in [0.717, 1.165) is 0 Å². The van der Waals surface area contributed by atoms with Gasteiger partial charge in [0.1, 0.15) is 11.8 Å². The second kappa shape index (κ2) is 4.88. The van der Waals surface area contributed by atoms with Crippen molar-refractivity contribution in [2.75, 3.05) is 13.1 Å². The number of piperidine rings is 1.